The van der Waals surface area contributed by atoms with Crippen LogP contribution >= 0.6 is 67.8 Å². The Morgan fingerprint density at radius 1 is 0.708 bits per heavy atom. The van der Waals surface area contributed by atoms with Crippen LogP contribution < -0.4 is 4.90 Å². The Bertz CT molecular complexity index is 3050. The molecule has 1 fully saturated rings. The second-order valence-electron chi connectivity index (χ2n) is 18.0. The molecule has 19 nitrogen and oxygen atoms in total. The number of benzene rings is 2. The Morgan fingerprint density at radius 2 is 1.28 bits per heavy atom. The molecule has 396 valence electrons. The number of allylic oxidation sites excluding steroid dienone is 8. The molecule has 0 aromatic heterocycles. The van der Waals surface area contributed by atoms with Crippen molar-refractivity contribution in [3.8, 4) is 0 Å². The van der Waals surface area contributed by atoms with Crippen LogP contribution in [0.1, 0.15) is 108 Å². The van der Waals surface area contributed by atoms with E-state index in [-0.39, 0.29) is 62.9 Å². The van der Waals surface area contributed by atoms with Gasteiger partial charge in [-0.3, -0.25) is 27.8 Å². The van der Waals surface area contributed by atoms with Crippen LogP contribution in [0.5, 0.6) is 0 Å². The van der Waals surface area contributed by atoms with Crippen LogP contribution in [0.25, 0.3) is 0 Å². The van der Waals surface area contributed by atoms with Crippen LogP contribution in [-0.4, -0.2) is 115 Å². The topological polar surface area (TPSA) is 287 Å². The molecule has 2 atom stereocenters. The van der Waals surface area contributed by atoms with Gasteiger partial charge in [0.15, 0.2) is 5.71 Å². The number of anilines is 1. The first-order valence-electron chi connectivity index (χ1n) is 22.8. The van der Waals surface area contributed by atoms with E-state index in [1.165, 1.54) is 18.2 Å². The number of amides is 2. The summed E-state index contributed by atoms with van der Waals surface area (Å²) in [6.07, 6.45) is 16.2. The summed E-state index contributed by atoms with van der Waals surface area (Å²) in [6.45, 7) is 4.47. The quantitative estimate of drug-likeness (QED) is 0.0132. The normalized spacial score (nSPS) is 20.4. The first-order chi connectivity index (χ1) is 33.5. The summed E-state index contributed by atoms with van der Waals surface area (Å²) in [5, 5.41) is 0.533. The summed E-state index contributed by atoms with van der Waals surface area (Å²) in [5.41, 5.74) is 2.99. The maximum atomic E-state index is 12.5. The number of unbranched alkanes of at least 4 members (excludes halogenated alkanes) is 4. The van der Waals surface area contributed by atoms with Gasteiger partial charge in [0.1, 0.15) is 6.54 Å². The highest BCUT2D eigenvalue weighted by Gasteiger charge is 2.48. The zero-order chi connectivity index (χ0) is 53.5. The van der Waals surface area contributed by atoms with Gasteiger partial charge < -0.3 is 9.74 Å². The molecule has 26 heteroatoms. The van der Waals surface area contributed by atoms with Gasteiger partial charge in [-0.1, -0.05) is 49.6 Å². The summed E-state index contributed by atoms with van der Waals surface area (Å²) < 4.78 is 138. The van der Waals surface area contributed by atoms with E-state index in [0.717, 1.165) is 27.7 Å². The second-order valence-corrected chi connectivity index (χ2v) is 27.5. The highest BCUT2D eigenvalue weighted by Crippen LogP contribution is 2.54. The van der Waals surface area contributed by atoms with Gasteiger partial charge in [0.05, 0.1) is 27.6 Å². The highest BCUT2D eigenvalue weighted by molar-refractivity contribution is 14.1. The van der Waals surface area contributed by atoms with Gasteiger partial charge in [-0.15, -0.1) is 5.06 Å². The molecule has 0 radical (unpaired) electrons. The zero-order valence-corrected chi connectivity index (χ0v) is 49.1. The lowest BCUT2D eigenvalue weighted by molar-refractivity contribution is -0.438. The third-order valence-corrected chi connectivity index (χ3v) is 21.1. The molecule has 0 spiro atoms. The van der Waals surface area contributed by atoms with Crippen molar-refractivity contribution < 1.29 is 75.7 Å². The van der Waals surface area contributed by atoms with E-state index in [4.69, 9.17) is 4.84 Å². The van der Waals surface area contributed by atoms with Gasteiger partial charge in [0.25, 0.3) is 52.3 Å². The summed E-state index contributed by atoms with van der Waals surface area (Å²) in [6, 6.07) is 6.20. The number of nitrogens with zero attached hydrogens (tertiary/aromatic N) is 3. The fraction of sp³-hybridized carbons (Fsp3) is 0.478. The van der Waals surface area contributed by atoms with E-state index in [0.29, 0.717) is 60.6 Å². The molecule has 1 saturated heterocycles. The molecule has 2 amide bonds. The average Bonchev–Trinajstić information content (AvgIpc) is 3.79. The minimum absolute atomic E-state index is 0.00149. The van der Waals surface area contributed by atoms with Crippen molar-refractivity contribution in [3.63, 3.8) is 0 Å². The van der Waals surface area contributed by atoms with Crippen LogP contribution in [-0.2, 0) is 70.5 Å². The van der Waals surface area contributed by atoms with Crippen LogP contribution in [0.4, 0.5) is 11.4 Å². The smallest absolute Gasteiger partial charge is 0.333 e. The first kappa shape index (κ1) is 60.2. The number of rotatable bonds is 26. The van der Waals surface area contributed by atoms with E-state index >= 15 is 0 Å². The molecule has 2 aromatic rings. The monoisotopic (exact) mass is 1420 g/mol. The molecular weight excluding hydrogens is 1360 g/mol. The van der Waals surface area contributed by atoms with Crippen molar-refractivity contribution in [1.82, 2.24) is 5.06 Å². The van der Waals surface area contributed by atoms with E-state index in [9.17, 15) is 66.3 Å². The van der Waals surface area contributed by atoms with Crippen LogP contribution in [0.2, 0.25) is 0 Å². The fourth-order valence-corrected chi connectivity index (χ4v) is 14.1. The van der Waals surface area contributed by atoms with E-state index in [2.05, 4.69) is 85.7 Å². The minimum Gasteiger partial charge on any atom is -0.344 e. The van der Waals surface area contributed by atoms with Gasteiger partial charge in [-0.2, -0.15) is 38.2 Å². The largest absolute Gasteiger partial charge is 0.344 e. The molecule has 0 aliphatic carbocycles. The van der Waals surface area contributed by atoms with Crippen molar-refractivity contribution in [2.45, 2.75) is 113 Å². The maximum absolute atomic E-state index is 12.5. The lowest BCUT2D eigenvalue weighted by atomic mass is 9.75. The molecule has 0 bridgehead atoms. The van der Waals surface area contributed by atoms with E-state index < -0.39 is 86.3 Å². The summed E-state index contributed by atoms with van der Waals surface area (Å²) >= 11 is 6.90. The number of hydrogen-bond donors (Lipinski definition) is 4. The molecule has 3 heterocycles. The SMILES string of the molecule is CC1(CCCCS(=O)(=O)O)C(C=CC=CC=CC=C2N(CCCS(=O)(=O)O)c3cc(I)c(I)c(I)c3C2(C)CCCCCC(=O)ON2C(=O)CCC2=O)=[N+](CCCCS(=O)(=O)O)c2ccc(S(=O)(=O)O)cc21. The van der Waals surface area contributed by atoms with Gasteiger partial charge in [-0.05, 0) is 144 Å². The van der Waals surface area contributed by atoms with Gasteiger partial charge in [0.2, 0.25) is 5.69 Å². The number of carbonyl (C=O) groups excluding carboxylic acids is 3. The van der Waals surface area contributed by atoms with Crippen molar-refractivity contribution in [2.24, 2.45) is 0 Å². The van der Waals surface area contributed by atoms with Crippen molar-refractivity contribution in [3.05, 3.63) is 94.3 Å². The zero-order valence-electron chi connectivity index (χ0n) is 39.4. The number of fused-ring (bicyclic) bond motifs is 2. The highest BCUT2D eigenvalue weighted by atomic mass is 127. The molecule has 0 saturated carbocycles. The first-order valence-corrected chi connectivity index (χ1v) is 32.3. The number of hydrogen-bond acceptors (Lipinski definition) is 13. The third kappa shape index (κ3) is 15.9. The average molecular weight is 1420 g/mol. The lowest BCUT2D eigenvalue weighted by Gasteiger charge is -2.31. The molecular formula is C46H57I3N3O16S4+. The molecule has 4 N–H and O–H groups in total. The number of imide groups is 1. The predicted molar refractivity (Wildman–Crippen MR) is 295 cm³/mol. The lowest BCUT2D eigenvalue weighted by Crippen LogP contribution is -2.32. The van der Waals surface area contributed by atoms with Gasteiger partial charge >= 0.3 is 5.97 Å². The van der Waals surface area contributed by atoms with Crippen molar-refractivity contribution in [1.29, 1.82) is 0 Å². The standard InChI is InChI=1S/C46H56I3N3O16S4/c1-45(23-11-13-27-69(56,57)58)33-30-32(72(65,66)67)19-20-35(33)50(25-12-14-28-70(59,60)61)37(45)16-7-4-3-5-8-17-38-46(2,24-10-6-9-18-41(55)68-52-39(53)21-22-40(52)54)42-36(31-34(47)43(48)44(42)49)51(38)26-15-29-71(62,63)64/h3-5,7-8,16-17,19-20,30-31H,6,9-15,18,21-29H2,1-2H3,(H3-,56,57,58,59,60,61,62,63,64,65,66,67)/p+1. The van der Waals surface area contributed by atoms with Crippen molar-refractivity contribution >= 4 is 143 Å². The van der Waals surface area contributed by atoms with Crippen LogP contribution in [0, 0.1) is 10.7 Å². The Hall–Kier alpha value is -2.69. The molecule has 2 unspecified atom stereocenters. The molecule has 3 aliphatic heterocycles. The third-order valence-electron chi connectivity index (χ3n) is 12.7. The molecule has 72 heavy (non-hydrogen) atoms. The molecule has 5 rings (SSSR count). The number of hydroxylamine groups is 2. The summed E-state index contributed by atoms with van der Waals surface area (Å²) in [4.78, 5) is 43.2. The minimum atomic E-state index is -4.64. The Morgan fingerprint density at radius 3 is 1.90 bits per heavy atom. The maximum Gasteiger partial charge on any atom is 0.333 e. The van der Waals surface area contributed by atoms with Crippen LogP contribution in [0.3, 0.4) is 0 Å². The second kappa shape index (κ2) is 25.0. The Labute approximate surface area is 462 Å². The molecule has 2 aromatic carbocycles. The van der Waals surface area contributed by atoms with Gasteiger partial charge in [-0.25, -0.2) is 4.79 Å². The predicted octanol–water partition coefficient (Wildman–Crippen LogP) is 8.00. The fourth-order valence-electron chi connectivity index (χ4n) is 9.28. The van der Waals surface area contributed by atoms with Crippen molar-refractivity contribution in [2.75, 3.05) is 35.2 Å². The number of halogens is 3. The van der Waals surface area contributed by atoms with E-state index in [1.54, 1.807) is 30.4 Å². The van der Waals surface area contributed by atoms with Crippen LogP contribution in [0.15, 0.2) is 77.4 Å². The Balaban J connectivity index is 1.46. The van der Waals surface area contributed by atoms with E-state index in [1.807, 2.05) is 23.7 Å². The molecule has 3 aliphatic rings. The van der Waals surface area contributed by atoms with Gasteiger partial charge in [0, 0.05) is 83.0 Å². The summed E-state index contributed by atoms with van der Waals surface area (Å²) in [5.74, 6) is -3.20. The Kier molecular flexibility index (Phi) is 20.9. The number of carbonyl (C=O) groups is 3. The summed E-state index contributed by atoms with van der Waals surface area (Å²) in [7, 11) is -17.4.